The summed E-state index contributed by atoms with van der Waals surface area (Å²) in [6.07, 6.45) is 2.07. The Morgan fingerprint density at radius 3 is 2.96 bits per heavy atom. The van der Waals surface area contributed by atoms with Crippen molar-refractivity contribution in [3.05, 3.63) is 50.1 Å². The highest BCUT2D eigenvalue weighted by molar-refractivity contribution is 9.10. The predicted molar refractivity (Wildman–Crippen MR) is 97.7 cm³/mol. The van der Waals surface area contributed by atoms with Crippen LogP contribution in [-0.4, -0.2) is 24.9 Å². The number of anilines is 1. The third kappa shape index (κ3) is 2.44. The van der Waals surface area contributed by atoms with Gasteiger partial charge < -0.3 is 4.90 Å². The van der Waals surface area contributed by atoms with Crippen LogP contribution in [0.4, 0.5) is 5.69 Å². The van der Waals surface area contributed by atoms with E-state index in [0.717, 1.165) is 29.5 Å². The lowest BCUT2D eigenvalue weighted by atomic mass is 9.98. The molecule has 0 bridgehead atoms. The van der Waals surface area contributed by atoms with Crippen LogP contribution in [-0.2, 0) is 11.2 Å². The topological polar surface area (TPSA) is 41.8 Å². The molecule has 0 radical (unpaired) electrons. The smallest absolute Gasteiger partial charge is 0.303 e. The Bertz CT molecular complexity index is 832. The summed E-state index contributed by atoms with van der Waals surface area (Å²) in [6.45, 7) is 3.74. The van der Waals surface area contributed by atoms with Crippen LogP contribution in [0.25, 0.3) is 0 Å². The Labute approximate surface area is 153 Å². The quantitative estimate of drug-likeness (QED) is 0.797. The molecule has 124 valence electrons. The number of Topliss-reactive ketones (excluding diaryl/α,β-unsaturated/α-hetero) is 1. The maximum atomic E-state index is 12.5. The molecule has 4 rings (SSSR count). The van der Waals surface area contributed by atoms with Crippen LogP contribution in [0.1, 0.15) is 40.2 Å². The van der Waals surface area contributed by atoms with Gasteiger partial charge in [0, 0.05) is 27.8 Å². The van der Waals surface area contributed by atoms with Crippen LogP contribution in [0.15, 0.2) is 34.1 Å². The fourth-order valence-electron chi connectivity index (χ4n) is 3.86. The highest BCUT2D eigenvalue weighted by atomic mass is 79.9. The van der Waals surface area contributed by atoms with Crippen molar-refractivity contribution in [1.82, 2.24) is 0 Å². The van der Waals surface area contributed by atoms with E-state index in [1.807, 2.05) is 23.5 Å². The number of ketones is 1. The number of amides is 1. The van der Waals surface area contributed by atoms with Crippen molar-refractivity contribution in [1.29, 1.82) is 0 Å². The molecule has 24 heavy (non-hydrogen) atoms. The molecule has 0 saturated carbocycles. The number of nitrogens with one attached hydrogen (secondary N) is 1. The van der Waals surface area contributed by atoms with E-state index in [9.17, 15) is 9.59 Å². The number of hydrogen-bond donors (Lipinski definition) is 1. The first-order chi connectivity index (χ1) is 11.6. The van der Waals surface area contributed by atoms with Gasteiger partial charge >= 0.3 is 5.91 Å². The van der Waals surface area contributed by atoms with Crippen LogP contribution < -0.4 is 9.80 Å². The summed E-state index contributed by atoms with van der Waals surface area (Å²) in [7, 11) is 0. The van der Waals surface area contributed by atoms with E-state index in [-0.39, 0.29) is 0 Å². The molecule has 0 spiro atoms. The third-order valence-electron chi connectivity index (χ3n) is 5.02. The minimum absolute atomic E-state index is 0.391. The average molecular weight is 406 g/mol. The van der Waals surface area contributed by atoms with E-state index < -0.39 is 11.7 Å². The van der Waals surface area contributed by atoms with Crippen LogP contribution >= 0.6 is 27.3 Å². The largest absolute Gasteiger partial charge is 0.311 e. The van der Waals surface area contributed by atoms with Gasteiger partial charge in [-0.05, 0) is 29.6 Å². The summed E-state index contributed by atoms with van der Waals surface area (Å²) in [5.74, 6) is -0.798. The second-order valence-electron chi connectivity index (χ2n) is 6.30. The molecule has 0 fully saturated rings. The number of carbonyl (C=O) groups excluding carboxylic acids is 2. The Kier molecular flexibility index (Phi) is 4.06. The van der Waals surface area contributed by atoms with E-state index in [4.69, 9.17) is 0 Å². The van der Waals surface area contributed by atoms with E-state index in [1.165, 1.54) is 15.3 Å². The van der Waals surface area contributed by atoms with Gasteiger partial charge in [0.25, 0.3) is 5.78 Å². The van der Waals surface area contributed by atoms with Gasteiger partial charge in [-0.3, -0.25) is 14.5 Å². The summed E-state index contributed by atoms with van der Waals surface area (Å²) >= 11 is 5.21. The van der Waals surface area contributed by atoms with Crippen molar-refractivity contribution in [2.24, 2.45) is 0 Å². The highest BCUT2D eigenvalue weighted by Crippen LogP contribution is 2.31. The first kappa shape index (κ1) is 16.0. The molecule has 4 nitrogen and oxygen atoms in total. The Hall–Kier alpha value is -1.50. The fraction of sp³-hybridized carbons (Fsp3) is 0.333. The number of rotatable bonds is 3. The molecule has 1 N–H and O–H groups in total. The second kappa shape index (κ2) is 6.10. The first-order valence-corrected chi connectivity index (χ1v) is 9.84. The molecular formula is C18H18BrN2O2S+. The number of benzene rings is 1. The zero-order valence-electron chi connectivity index (χ0n) is 13.3. The lowest BCUT2D eigenvalue weighted by molar-refractivity contribution is -0.932. The summed E-state index contributed by atoms with van der Waals surface area (Å²) < 4.78 is 0.823. The average Bonchev–Trinajstić information content (AvgIpc) is 3.14. The molecule has 2 atom stereocenters. The molecule has 0 saturated heterocycles. The molecule has 1 aromatic carbocycles. The lowest BCUT2D eigenvalue weighted by Crippen LogP contribution is -3.15. The SMILES string of the molecule is CC[C@@H]1c2ccsc2CC[NH+]1CN1C(=O)C(=O)c2cc(Br)ccc21. The maximum absolute atomic E-state index is 12.5. The zero-order valence-corrected chi connectivity index (χ0v) is 15.7. The van der Waals surface area contributed by atoms with Gasteiger partial charge in [0.15, 0.2) is 6.67 Å². The minimum atomic E-state index is -0.401. The number of hydrogen-bond acceptors (Lipinski definition) is 3. The normalized spacial score (nSPS) is 22.7. The van der Waals surface area contributed by atoms with Gasteiger partial charge in [-0.25, -0.2) is 0 Å². The van der Waals surface area contributed by atoms with Crippen molar-refractivity contribution in [3.8, 4) is 0 Å². The molecule has 2 aliphatic rings. The van der Waals surface area contributed by atoms with Crippen LogP contribution in [0.5, 0.6) is 0 Å². The molecular weight excluding hydrogens is 388 g/mol. The summed E-state index contributed by atoms with van der Waals surface area (Å²) in [4.78, 5) is 29.3. The fourth-order valence-corrected chi connectivity index (χ4v) is 5.17. The van der Waals surface area contributed by atoms with Crippen molar-refractivity contribution in [2.45, 2.75) is 25.8 Å². The van der Waals surface area contributed by atoms with Crippen LogP contribution in [0, 0.1) is 0 Å². The number of thiophene rings is 1. The zero-order chi connectivity index (χ0) is 16.8. The van der Waals surface area contributed by atoms with Gasteiger partial charge in [-0.15, -0.1) is 11.3 Å². The molecule has 1 aromatic heterocycles. The Balaban J connectivity index is 1.64. The molecule has 1 amide bonds. The number of carbonyl (C=O) groups is 2. The standard InChI is InChI=1S/C18H17BrN2O2S/c1-2-14-12-6-8-24-16(12)5-7-20(14)10-21-15-4-3-11(19)9-13(15)17(22)18(21)23/h3-4,6,8-9,14H,2,5,7,10H2,1H3/p+1/t14-/m1/s1. The van der Waals surface area contributed by atoms with Crippen LogP contribution in [0.2, 0.25) is 0 Å². The van der Waals surface area contributed by atoms with Crippen molar-refractivity contribution in [2.75, 3.05) is 18.1 Å². The Morgan fingerprint density at radius 2 is 2.17 bits per heavy atom. The molecule has 1 unspecified atom stereocenters. The number of quaternary nitrogens is 1. The predicted octanol–water partition coefficient (Wildman–Crippen LogP) is 2.59. The van der Waals surface area contributed by atoms with Crippen LogP contribution in [0.3, 0.4) is 0 Å². The maximum Gasteiger partial charge on any atom is 0.303 e. The Morgan fingerprint density at radius 1 is 1.33 bits per heavy atom. The summed E-state index contributed by atoms with van der Waals surface area (Å²) in [6, 6.07) is 8.10. The molecule has 2 aromatic rings. The van der Waals surface area contributed by atoms with Gasteiger partial charge in [0.1, 0.15) is 6.04 Å². The molecule has 3 heterocycles. The molecule has 6 heteroatoms. The summed E-state index contributed by atoms with van der Waals surface area (Å²) in [5, 5.41) is 2.16. The van der Waals surface area contributed by atoms with Gasteiger partial charge in [-0.1, -0.05) is 22.9 Å². The molecule has 0 aliphatic carbocycles. The molecule has 2 aliphatic heterocycles. The van der Waals surface area contributed by atoms with E-state index in [0.29, 0.717) is 18.3 Å². The van der Waals surface area contributed by atoms with Crippen molar-refractivity contribution in [3.63, 3.8) is 0 Å². The van der Waals surface area contributed by atoms with E-state index >= 15 is 0 Å². The summed E-state index contributed by atoms with van der Waals surface area (Å²) in [5.41, 5.74) is 2.67. The minimum Gasteiger partial charge on any atom is -0.311 e. The van der Waals surface area contributed by atoms with Crippen molar-refractivity contribution < 1.29 is 14.5 Å². The van der Waals surface area contributed by atoms with Crippen molar-refractivity contribution >= 4 is 44.6 Å². The van der Waals surface area contributed by atoms with Gasteiger partial charge in [0.05, 0.1) is 17.8 Å². The third-order valence-corrected chi connectivity index (χ3v) is 6.51. The number of fused-ring (bicyclic) bond motifs is 2. The van der Waals surface area contributed by atoms with E-state index in [1.54, 1.807) is 11.0 Å². The van der Waals surface area contributed by atoms with Gasteiger partial charge in [0.2, 0.25) is 0 Å². The van der Waals surface area contributed by atoms with Gasteiger partial charge in [-0.2, -0.15) is 0 Å². The highest BCUT2D eigenvalue weighted by Gasteiger charge is 2.40. The first-order valence-electron chi connectivity index (χ1n) is 8.16. The second-order valence-corrected chi connectivity index (χ2v) is 8.22. The lowest BCUT2D eigenvalue weighted by Gasteiger charge is -2.34. The monoisotopic (exact) mass is 405 g/mol. The number of nitrogens with zero attached hydrogens (tertiary/aromatic N) is 1. The number of halogens is 1. The van der Waals surface area contributed by atoms with E-state index in [2.05, 4.69) is 34.3 Å².